The van der Waals surface area contributed by atoms with E-state index in [4.69, 9.17) is 0 Å². The van der Waals surface area contributed by atoms with Crippen molar-refractivity contribution in [3.8, 4) is 0 Å². The summed E-state index contributed by atoms with van der Waals surface area (Å²) in [6.45, 7) is 5.80. The molecule has 0 saturated heterocycles. The molecular weight excluding hydrogens is 270 g/mol. The van der Waals surface area contributed by atoms with Gasteiger partial charge in [0.15, 0.2) is 0 Å². The smallest absolute Gasteiger partial charge is 0.150 e. The molecule has 0 heterocycles. The lowest BCUT2D eigenvalue weighted by Crippen LogP contribution is -2.26. The van der Waals surface area contributed by atoms with Gasteiger partial charge in [-0.25, -0.2) is 8.42 Å². The minimum absolute atomic E-state index is 0.309. The molecule has 0 aliphatic heterocycles. The maximum absolute atomic E-state index is 11.8. The van der Waals surface area contributed by atoms with E-state index >= 15 is 0 Å². The van der Waals surface area contributed by atoms with Crippen molar-refractivity contribution < 1.29 is 8.42 Å². The molecular formula is C16H27NO2S. The van der Waals surface area contributed by atoms with Crippen LogP contribution in [0.25, 0.3) is 0 Å². The molecule has 0 fully saturated rings. The molecule has 0 aliphatic rings. The fraction of sp³-hybridized carbons (Fsp3) is 0.625. The molecule has 0 radical (unpaired) electrons. The summed E-state index contributed by atoms with van der Waals surface area (Å²) in [7, 11) is -2.87. The molecule has 20 heavy (non-hydrogen) atoms. The van der Waals surface area contributed by atoms with Gasteiger partial charge in [0, 0.05) is 5.75 Å². The Kier molecular flexibility index (Phi) is 7.85. The first-order valence-electron chi connectivity index (χ1n) is 7.52. The average molecular weight is 297 g/mol. The third-order valence-electron chi connectivity index (χ3n) is 3.40. The van der Waals surface area contributed by atoms with Crippen LogP contribution in [0.4, 0.5) is 0 Å². The highest BCUT2D eigenvalue weighted by molar-refractivity contribution is 7.91. The molecule has 0 spiro atoms. The summed E-state index contributed by atoms with van der Waals surface area (Å²) < 4.78 is 23.7. The molecule has 1 atom stereocenters. The predicted molar refractivity (Wildman–Crippen MR) is 85.7 cm³/mol. The first-order valence-corrected chi connectivity index (χ1v) is 9.34. The highest BCUT2D eigenvalue weighted by Crippen LogP contribution is 2.13. The van der Waals surface area contributed by atoms with Gasteiger partial charge in [0.1, 0.15) is 9.84 Å². The standard InChI is InChI=1S/C16H27NO2S/c1-3-11-20(18,19)12-10-16(14-17-4-2)13-15-8-6-5-7-9-15/h5-9,16-17H,3-4,10-14H2,1-2H3. The van der Waals surface area contributed by atoms with Crippen molar-refractivity contribution >= 4 is 9.84 Å². The zero-order valence-corrected chi connectivity index (χ0v) is 13.5. The Bertz CT molecular complexity index is 457. The molecule has 4 heteroatoms. The van der Waals surface area contributed by atoms with E-state index in [-0.39, 0.29) is 0 Å². The van der Waals surface area contributed by atoms with Crippen LogP contribution < -0.4 is 5.32 Å². The molecule has 0 aliphatic carbocycles. The van der Waals surface area contributed by atoms with Crippen LogP contribution in [-0.2, 0) is 16.3 Å². The van der Waals surface area contributed by atoms with E-state index in [2.05, 4.69) is 24.4 Å². The van der Waals surface area contributed by atoms with Gasteiger partial charge < -0.3 is 5.32 Å². The maximum Gasteiger partial charge on any atom is 0.150 e. The minimum Gasteiger partial charge on any atom is -0.317 e. The van der Waals surface area contributed by atoms with Crippen LogP contribution in [0.2, 0.25) is 0 Å². The highest BCUT2D eigenvalue weighted by atomic mass is 32.2. The molecule has 114 valence electrons. The topological polar surface area (TPSA) is 46.2 Å². The molecule has 0 amide bonds. The molecule has 0 saturated carbocycles. The van der Waals surface area contributed by atoms with Crippen LogP contribution >= 0.6 is 0 Å². The first kappa shape index (κ1) is 17.2. The summed E-state index contributed by atoms with van der Waals surface area (Å²) in [4.78, 5) is 0. The Hall–Kier alpha value is -0.870. The molecule has 0 aromatic heterocycles. The fourth-order valence-corrected chi connectivity index (χ4v) is 3.85. The van der Waals surface area contributed by atoms with Crippen molar-refractivity contribution in [3.63, 3.8) is 0 Å². The van der Waals surface area contributed by atoms with E-state index < -0.39 is 9.84 Å². The normalized spacial score (nSPS) is 13.3. The van der Waals surface area contributed by atoms with E-state index in [1.54, 1.807) is 0 Å². The van der Waals surface area contributed by atoms with Gasteiger partial charge in [-0.3, -0.25) is 0 Å². The van der Waals surface area contributed by atoms with Crippen molar-refractivity contribution in [2.45, 2.75) is 33.1 Å². The lowest BCUT2D eigenvalue weighted by Gasteiger charge is -2.17. The quantitative estimate of drug-likeness (QED) is 0.722. The van der Waals surface area contributed by atoms with Gasteiger partial charge in [-0.1, -0.05) is 44.2 Å². The minimum atomic E-state index is -2.87. The van der Waals surface area contributed by atoms with E-state index in [1.165, 1.54) is 5.56 Å². The number of hydrogen-bond acceptors (Lipinski definition) is 3. The lowest BCUT2D eigenvalue weighted by molar-refractivity contribution is 0.465. The van der Waals surface area contributed by atoms with Gasteiger partial charge in [-0.05, 0) is 43.8 Å². The summed E-state index contributed by atoms with van der Waals surface area (Å²) in [6.07, 6.45) is 2.39. The third kappa shape index (κ3) is 7.06. The molecule has 1 rings (SSSR count). The van der Waals surface area contributed by atoms with Gasteiger partial charge in [0.25, 0.3) is 0 Å². The van der Waals surface area contributed by atoms with Crippen LogP contribution in [0.3, 0.4) is 0 Å². The van der Waals surface area contributed by atoms with E-state index in [0.717, 1.165) is 25.9 Å². The third-order valence-corrected chi connectivity index (χ3v) is 5.29. The molecule has 3 nitrogen and oxygen atoms in total. The Balaban J connectivity index is 2.56. The Morgan fingerprint density at radius 2 is 1.80 bits per heavy atom. The number of rotatable bonds is 10. The SMILES string of the molecule is CCCS(=O)(=O)CCC(CNCC)Cc1ccccc1. The zero-order valence-electron chi connectivity index (χ0n) is 12.6. The van der Waals surface area contributed by atoms with E-state index in [0.29, 0.717) is 23.8 Å². The van der Waals surface area contributed by atoms with Crippen LogP contribution in [0, 0.1) is 5.92 Å². The van der Waals surface area contributed by atoms with Crippen molar-refractivity contribution in [2.24, 2.45) is 5.92 Å². The lowest BCUT2D eigenvalue weighted by atomic mass is 9.97. The number of hydrogen-bond donors (Lipinski definition) is 1. The van der Waals surface area contributed by atoms with E-state index in [1.807, 2.05) is 25.1 Å². The van der Waals surface area contributed by atoms with Crippen molar-refractivity contribution in [2.75, 3.05) is 24.6 Å². The second-order valence-electron chi connectivity index (χ2n) is 5.30. The maximum atomic E-state index is 11.8. The Labute approximate surface area is 123 Å². The van der Waals surface area contributed by atoms with Crippen LogP contribution in [0.15, 0.2) is 30.3 Å². The monoisotopic (exact) mass is 297 g/mol. The summed E-state index contributed by atoms with van der Waals surface area (Å²) in [5.41, 5.74) is 1.28. The van der Waals surface area contributed by atoms with Crippen molar-refractivity contribution in [1.82, 2.24) is 5.32 Å². The summed E-state index contributed by atoms with van der Waals surface area (Å²) in [5.74, 6) is 1.000. The highest BCUT2D eigenvalue weighted by Gasteiger charge is 2.15. The van der Waals surface area contributed by atoms with Gasteiger partial charge >= 0.3 is 0 Å². The fourth-order valence-electron chi connectivity index (χ4n) is 2.33. The molecule has 1 N–H and O–H groups in total. The number of nitrogens with one attached hydrogen (secondary N) is 1. The zero-order chi connectivity index (χ0) is 14.8. The number of sulfone groups is 1. The average Bonchev–Trinajstić information content (AvgIpc) is 2.43. The summed E-state index contributed by atoms with van der Waals surface area (Å²) in [5, 5.41) is 3.34. The summed E-state index contributed by atoms with van der Waals surface area (Å²) in [6, 6.07) is 10.3. The van der Waals surface area contributed by atoms with Crippen LogP contribution in [0.5, 0.6) is 0 Å². The van der Waals surface area contributed by atoms with Gasteiger partial charge in [-0.15, -0.1) is 0 Å². The van der Waals surface area contributed by atoms with Gasteiger partial charge in [0.05, 0.1) is 5.75 Å². The second-order valence-corrected chi connectivity index (χ2v) is 7.61. The number of benzene rings is 1. The van der Waals surface area contributed by atoms with Gasteiger partial charge in [0.2, 0.25) is 0 Å². The van der Waals surface area contributed by atoms with E-state index in [9.17, 15) is 8.42 Å². The van der Waals surface area contributed by atoms with Gasteiger partial charge in [-0.2, -0.15) is 0 Å². The Morgan fingerprint density at radius 3 is 2.40 bits per heavy atom. The molecule has 1 unspecified atom stereocenters. The predicted octanol–water partition coefficient (Wildman–Crippen LogP) is 2.67. The van der Waals surface area contributed by atoms with Crippen LogP contribution in [-0.4, -0.2) is 33.0 Å². The summed E-state index contributed by atoms with van der Waals surface area (Å²) >= 11 is 0. The Morgan fingerprint density at radius 1 is 1.10 bits per heavy atom. The molecule has 0 bridgehead atoms. The molecule has 1 aromatic rings. The van der Waals surface area contributed by atoms with Crippen molar-refractivity contribution in [3.05, 3.63) is 35.9 Å². The first-order chi connectivity index (χ1) is 9.57. The van der Waals surface area contributed by atoms with Crippen molar-refractivity contribution in [1.29, 1.82) is 0 Å². The molecule has 1 aromatic carbocycles. The van der Waals surface area contributed by atoms with Crippen LogP contribution in [0.1, 0.15) is 32.3 Å². The largest absolute Gasteiger partial charge is 0.317 e. The second kappa shape index (κ2) is 9.14.